The normalized spacial score (nSPS) is 17.1. The van der Waals surface area contributed by atoms with Gasteiger partial charge in [-0.25, -0.2) is 13.6 Å². The average Bonchev–Trinajstić information content (AvgIpc) is 2.89. The highest BCUT2D eigenvalue weighted by atomic mass is 19.2. The van der Waals surface area contributed by atoms with E-state index in [2.05, 4.69) is 12.2 Å². The molecule has 5 heteroatoms. The summed E-state index contributed by atoms with van der Waals surface area (Å²) in [5, 5.41) is 11.7. The second-order valence-corrected chi connectivity index (χ2v) is 5.51. The van der Waals surface area contributed by atoms with E-state index in [1.54, 1.807) is 0 Å². The van der Waals surface area contributed by atoms with Crippen LogP contribution in [-0.4, -0.2) is 17.6 Å². The molecule has 0 amide bonds. The highest BCUT2D eigenvalue weighted by Crippen LogP contribution is 2.41. The van der Waals surface area contributed by atoms with Gasteiger partial charge in [-0.15, -0.1) is 0 Å². The van der Waals surface area contributed by atoms with E-state index < -0.39 is 23.2 Å². The molecule has 0 heterocycles. The Hall–Kier alpha value is -1.65. The SMILES string of the molecule is CCC1(CNc2ccc(C(=O)O)c(F)c2F)CCCC1. The molecule has 1 aromatic carbocycles. The van der Waals surface area contributed by atoms with Gasteiger partial charge in [0, 0.05) is 6.54 Å². The molecule has 0 aliphatic heterocycles. The number of rotatable bonds is 5. The van der Waals surface area contributed by atoms with Crippen LogP contribution in [0.2, 0.25) is 0 Å². The van der Waals surface area contributed by atoms with E-state index in [1.807, 2.05) is 0 Å². The summed E-state index contributed by atoms with van der Waals surface area (Å²) in [6.07, 6.45) is 5.52. The van der Waals surface area contributed by atoms with Crippen LogP contribution in [0.5, 0.6) is 0 Å². The summed E-state index contributed by atoms with van der Waals surface area (Å²) in [4.78, 5) is 10.7. The van der Waals surface area contributed by atoms with E-state index in [9.17, 15) is 13.6 Å². The van der Waals surface area contributed by atoms with Gasteiger partial charge in [-0.3, -0.25) is 0 Å². The first-order valence-electron chi connectivity index (χ1n) is 6.94. The first-order chi connectivity index (χ1) is 9.49. The number of carboxylic acids is 1. The molecular formula is C15H19F2NO2. The zero-order valence-electron chi connectivity index (χ0n) is 11.5. The second kappa shape index (κ2) is 5.77. The van der Waals surface area contributed by atoms with E-state index in [-0.39, 0.29) is 11.1 Å². The molecule has 1 fully saturated rings. The van der Waals surface area contributed by atoms with Crippen molar-refractivity contribution < 1.29 is 18.7 Å². The van der Waals surface area contributed by atoms with E-state index in [1.165, 1.54) is 18.9 Å². The van der Waals surface area contributed by atoms with Crippen LogP contribution in [0.1, 0.15) is 49.4 Å². The highest BCUT2D eigenvalue weighted by molar-refractivity contribution is 5.88. The van der Waals surface area contributed by atoms with Gasteiger partial charge in [0.2, 0.25) is 0 Å². The van der Waals surface area contributed by atoms with Crippen LogP contribution in [-0.2, 0) is 0 Å². The van der Waals surface area contributed by atoms with Gasteiger partial charge in [0.05, 0.1) is 11.3 Å². The molecule has 110 valence electrons. The third-order valence-corrected chi connectivity index (χ3v) is 4.38. The fraction of sp³-hybridized carbons (Fsp3) is 0.533. The summed E-state index contributed by atoms with van der Waals surface area (Å²) in [5.74, 6) is -3.89. The van der Waals surface area contributed by atoms with Gasteiger partial charge in [-0.05, 0) is 36.8 Å². The van der Waals surface area contributed by atoms with Gasteiger partial charge in [0.15, 0.2) is 11.6 Å². The van der Waals surface area contributed by atoms with Gasteiger partial charge < -0.3 is 10.4 Å². The lowest BCUT2D eigenvalue weighted by atomic mass is 9.83. The van der Waals surface area contributed by atoms with Gasteiger partial charge in [-0.1, -0.05) is 19.8 Å². The quantitative estimate of drug-likeness (QED) is 0.857. The molecule has 2 N–H and O–H groups in total. The average molecular weight is 283 g/mol. The van der Waals surface area contributed by atoms with E-state index in [4.69, 9.17) is 5.11 Å². The smallest absolute Gasteiger partial charge is 0.338 e. The molecule has 1 saturated carbocycles. The molecule has 0 bridgehead atoms. The molecule has 1 aliphatic rings. The standard InChI is InChI=1S/C15H19F2NO2/c1-2-15(7-3-4-8-15)9-18-11-6-5-10(14(19)20)12(16)13(11)17/h5-6,18H,2-4,7-9H2,1H3,(H,19,20). The molecule has 20 heavy (non-hydrogen) atoms. The van der Waals surface area contributed by atoms with Crippen LogP contribution in [0.15, 0.2) is 12.1 Å². The number of nitrogens with one attached hydrogen (secondary N) is 1. The van der Waals surface area contributed by atoms with Gasteiger partial charge in [-0.2, -0.15) is 0 Å². The molecule has 1 aromatic rings. The minimum atomic E-state index is -1.46. The lowest BCUT2D eigenvalue weighted by Crippen LogP contribution is -2.26. The van der Waals surface area contributed by atoms with Gasteiger partial charge >= 0.3 is 5.97 Å². The van der Waals surface area contributed by atoms with Crippen molar-refractivity contribution in [2.24, 2.45) is 5.41 Å². The molecule has 0 atom stereocenters. The first-order valence-corrected chi connectivity index (χ1v) is 6.94. The Kier molecular flexibility index (Phi) is 4.26. The van der Waals surface area contributed by atoms with Crippen molar-refractivity contribution in [2.45, 2.75) is 39.0 Å². The van der Waals surface area contributed by atoms with Gasteiger partial charge in [0.25, 0.3) is 0 Å². The zero-order valence-corrected chi connectivity index (χ0v) is 11.5. The van der Waals surface area contributed by atoms with Crippen LogP contribution in [0.25, 0.3) is 0 Å². The van der Waals surface area contributed by atoms with Crippen molar-refractivity contribution in [2.75, 3.05) is 11.9 Å². The summed E-state index contributed by atoms with van der Waals surface area (Å²) in [7, 11) is 0. The monoisotopic (exact) mass is 283 g/mol. The number of hydrogen-bond donors (Lipinski definition) is 2. The minimum absolute atomic E-state index is 0.0345. The summed E-state index contributed by atoms with van der Waals surface area (Å²) >= 11 is 0. The Morgan fingerprint density at radius 3 is 2.50 bits per heavy atom. The van der Waals surface area contributed by atoms with Crippen molar-refractivity contribution in [3.8, 4) is 0 Å². The number of benzene rings is 1. The molecule has 0 saturated heterocycles. The van der Waals surface area contributed by atoms with E-state index in [0.29, 0.717) is 6.54 Å². The Labute approximate surface area is 117 Å². The molecule has 2 rings (SSSR count). The maximum atomic E-state index is 13.8. The number of halogens is 2. The second-order valence-electron chi connectivity index (χ2n) is 5.51. The summed E-state index contributed by atoms with van der Waals surface area (Å²) in [6, 6.07) is 2.39. The number of hydrogen-bond acceptors (Lipinski definition) is 2. The fourth-order valence-corrected chi connectivity index (χ4v) is 2.91. The van der Waals surface area contributed by atoms with Crippen LogP contribution >= 0.6 is 0 Å². The lowest BCUT2D eigenvalue weighted by molar-refractivity contribution is 0.0690. The van der Waals surface area contributed by atoms with E-state index in [0.717, 1.165) is 25.3 Å². The summed E-state index contributed by atoms with van der Waals surface area (Å²) in [6.45, 7) is 2.70. The van der Waals surface area contributed by atoms with Crippen LogP contribution in [0.3, 0.4) is 0 Å². The molecule has 0 spiro atoms. The number of carboxylic acid groups (broad SMARTS) is 1. The predicted octanol–water partition coefficient (Wildman–Crippen LogP) is 4.05. The Morgan fingerprint density at radius 2 is 1.95 bits per heavy atom. The molecular weight excluding hydrogens is 264 g/mol. The molecule has 0 radical (unpaired) electrons. The maximum Gasteiger partial charge on any atom is 0.338 e. The largest absolute Gasteiger partial charge is 0.478 e. The predicted molar refractivity (Wildman–Crippen MR) is 73.0 cm³/mol. The Morgan fingerprint density at radius 1 is 1.30 bits per heavy atom. The Balaban J connectivity index is 2.14. The number of aromatic carboxylic acids is 1. The Bertz CT molecular complexity index is 511. The van der Waals surface area contributed by atoms with Crippen molar-refractivity contribution in [1.82, 2.24) is 0 Å². The first kappa shape index (κ1) is 14.8. The molecule has 1 aliphatic carbocycles. The van der Waals surface area contributed by atoms with Crippen LogP contribution in [0, 0.1) is 17.0 Å². The summed E-state index contributed by atoms with van der Waals surface area (Å²) in [5.41, 5.74) is -0.458. The van der Waals surface area contributed by atoms with Crippen molar-refractivity contribution >= 4 is 11.7 Å². The van der Waals surface area contributed by atoms with Crippen molar-refractivity contribution in [1.29, 1.82) is 0 Å². The maximum absolute atomic E-state index is 13.8. The van der Waals surface area contributed by atoms with Crippen LogP contribution < -0.4 is 5.32 Å². The molecule has 3 nitrogen and oxygen atoms in total. The summed E-state index contributed by atoms with van der Waals surface area (Å²) < 4.78 is 27.4. The number of carbonyl (C=O) groups is 1. The van der Waals surface area contributed by atoms with Crippen molar-refractivity contribution in [3.05, 3.63) is 29.3 Å². The minimum Gasteiger partial charge on any atom is -0.478 e. The fourth-order valence-electron chi connectivity index (χ4n) is 2.91. The third-order valence-electron chi connectivity index (χ3n) is 4.38. The zero-order chi connectivity index (χ0) is 14.8. The molecule has 0 aromatic heterocycles. The van der Waals surface area contributed by atoms with Crippen LogP contribution in [0.4, 0.5) is 14.5 Å². The van der Waals surface area contributed by atoms with Gasteiger partial charge in [0.1, 0.15) is 0 Å². The molecule has 0 unspecified atom stereocenters. The lowest BCUT2D eigenvalue weighted by Gasteiger charge is -2.28. The third kappa shape index (κ3) is 2.76. The topological polar surface area (TPSA) is 49.3 Å². The number of anilines is 1. The highest BCUT2D eigenvalue weighted by Gasteiger charge is 2.32. The van der Waals surface area contributed by atoms with Crippen molar-refractivity contribution in [3.63, 3.8) is 0 Å². The van der Waals surface area contributed by atoms with E-state index >= 15 is 0 Å².